The first-order valence-electron chi connectivity index (χ1n) is 17.1. The molecule has 1 fully saturated rings. The SMILES string of the molecule is CC(C)(C)OC(=O)NCc1cccc(-n2nc(C(F)(F)F)cc2C(=O)Nc2cccc(C(O)(CN(C(=O)OC(C)(C)C)C3CC3)c3ccccc3)c2)c1. The first kappa shape index (κ1) is 38.9. The fourth-order valence-corrected chi connectivity index (χ4v) is 5.57. The third-order valence-corrected chi connectivity index (χ3v) is 8.09. The number of hydrogen-bond acceptors (Lipinski definition) is 7. The van der Waals surface area contributed by atoms with E-state index in [4.69, 9.17) is 9.47 Å². The summed E-state index contributed by atoms with van der Waals surface area (Å²) >= 11 is 0. The molecule has 0 bridgehead atoms. The number of rotatable bonds is 10. The van der Waals surface area contributed by atoms with Crippen LogP contribution in [0.25, 0.3) is 5.69 Å². The van der Waals surface area contributed by atoms with Crippen molar-refractivity contribution in [1.29, 1.82) is 0 Å². The smallest absolute Gasteiger partial charge is 0.435 e. The zero-order chi connectivity index (χ0) is 38.8. The number of aromatic nitrogens is 2. The van der Waals surface area contributed by atoms with E-state index in [9.17, 15) is 32.7 Å². The number of carbonyl (C=O) groups excluding carboxylic acids is 3. The Bertz CT molecular complexity index is 1950. The van der Waals surface area contributed by atoms with Gasteiger partial charge in [-0.05, 0) is 95.3 Å². The maximum atomic E-state index is 13.9. The number of nitrogens with one attached hydrogen (secondary N) is 2. The first-order valence-corrected chi connectivity index (χ1v) is 17.1. The standard InChI is InChI=1S/C39H44F3N5O6/c1-36(2,3)52-34(49)43-23-25-12-10-17-30(20-25)47-31(22-32(45-47)39(40,41)42)33(48)44-28-16-11-15-27(21-28)38(51,26-13-8-7-9-14-26)24-46(29-18-19-29)35(50)53-37(4,5)6/h7-17,20-22,29,51H,18-19,23-24H2,1-6H3,(H,43,49)(H,44,48). The Morgan fingerprint density at radius 2 is 1.49 bits per heavy atom. The molecule has 14 heteroatoms. The van der Waals surface area contributed by atoms with Gasteiger partial charge in [0.25, 0.3) is 5.91 Å². The average molecular weight is 736 g/mol. The predicted molar refractivity (Wildman–Crippen MR) is 191 cm³/mol. The van der Waals surface area contributed by atoms with Gasteiger partial charge in [-0.15, -0.1) is 0 Å². The fourth-order valence-electron chi connectivity index (χ4n) is 5.57. The number of ether oxygens (including phenoxy) is 2. The number of anilines is 1. The van der Waals surface area contributed by atoms with Crippen LogP contribution in [0.1, 0.15) is 87.3 Å². The molecule has 0 aliphatic heterocycles. The van der Waals surface area contributed by atoms with Crippen molar-refractivity contribution in [1.82, 2.24) is 20.0 Å². The lowest BCUT2D eigenvalue weighted by Gasteiger charge is -2.36. The van der Waals surface area contributed by atoms with E-state index in [1.807, 2.05) is 0 Å². The van der Waals surface area contributed by atoms with Gasteiger partial charge in [-0.3, -0.25) is 4.79 Å². The molecular formula is C39H44F3N5O6. The maximum Gasteiger partial charge on any atom is 0.435 e. The summed E-state index contributed by atoms with van der Waals surface area (Å²) in [6, 6.07) is 21.7. The van der Waals surface area contributed by atoms with Gasteiger partial charge in [-0.25, -0.2) is 14.3 Å². The van der Waals surface area contributed by atoms with Gasteiger partial charge in [0, 0.05) is 24.3 Å². The van der Waals surface area contributed by atoms with E-state index in [0.717, 1.165) is 17.5 Å². The van der Waals surface area contributed by atoms with Crippen LogP contribution in [0.2, 0.25) is 0 Å². The zero-order valence-corrected chi connectivity index (χ0v) is 30.5. The van der Waals surface area contributed by atoms with Crippen LogP contribution in [0.5, 0.6) is 0 Å². The van der Waals surface area contributed by atoms with Crippen LogP contribution in [-0.2, 0) is 27.8 Å². The van der Waals surface area contributed by atoms with Crippen molar-refractivity contribution in [2.24, 2.45) is 0 Å². The van der Waals surface area contributed by atoms with Crippen LogP contribution in [0.15, 0.2) is 84.9 Å². The molecule has 1 heterocycles. The maximum absolute atomic E-state index is 13.9. The number of aliphatic hydroxyl groups is 1. The molecule has 1 saturated carbocycles. The minimum Gasteiger partial charge on any atom is -0.444 e. The van der Waals surface area contributed by atoms with Gasteiger partial charge in [0.15, 0.2) is 5.69 Å². The van der Waals surface area contributed by atoms with Crippen molar-refractivity contribution in [3.8, 4) is 5.69 Å². The summed E-state index contributed by atoms with van der Waals surface area (Å²) in [5.74, 6) is -0.904. The van der Waals surface area contributed by atoms with E-state index in [2.05, 4.69) is 15.7 Å². The minimum absolute atomic E-state index is 0.000891. The summed E-state index contributed by atoms with van der Waals surface area (Å²) in [6.45, 7) is 10.3. The lowest BCUT2D eigenvalue weighted by molar-refractivity contribution is -0.141. The molecule has 1 aliphatic carbocycles. The van der Waals surface area contributed by atoms with Crippen LogP contribution < -0.4 is 10.6 Å². The summed E-state index contributed by atoms with van der Waals surface area (Å²) < 4.78 is 53.6. The molecule has 1 aromatic heterocycles. The number of benzene rings is 3. The molecule has 1 aliphatic rings. The van der Waals surface area contributed by atoms with Gasteiger partial charge >= 0.3 is 18.4 Å². The third kappa shape index (κ3) is 10.2. The lowest BCUT2D eigenvalue weighted by Crippen LogP contribution is -2.47. The fraction of sp³-hybridized carbons (Fsp3) is 0.385. The van der Waals surface area contributed by atoms with Crippen LogP contribution in [0.4, 0.5) is 28.4 Å². The van der Waals surface area contributed by atoms with Crippen molar-refractivity contribution in [3.05, 3.63) is 113 Å². The number of alkyl carbamates (subject to hydrolysis) is 1. The van der Waals surface area contributed by atoms with E-state index in [1.54, 1.807) is 96.1 Å². The molecule has 4 aromatic rings. The van der Waals surface area contributed by atoms with Gasteiger partial charge < -0.3 is 30.1 Å². The molecule has 1 atom stereocenters. The van der Waals surface area contributed by atoms with Crippen molar-refractivity contribution in [2.75, 3.05) is 11.9 Å². The average Bonchev–Trinajstić information content (AvgIpc) is 3.80. The Morgan fingerprint density at radius 3 is 2.11 bits per heavy atom. The highest BCUT2D eigenvalue weighted by molar-refractivity contribution is 6.03. The van der Waals surface area contributed by atoms with E-state index in [0.29, 0.717) is 22.8 Å². The minimum atomic E-state index is -4.86. The molecule has 53 heavy (non-hydrogen) atoms. The second-order valence-corrected chi connectivity index (χ2v) is 15.0. The third-order valence-electron chi connectivity index (χ3n) is 8.09. The zero-order valence-electron chi connectivity index (χ0n) is 30.5. The highest BCUT2D eigenvalue weighted by Crippen LogP contribution is 2.37. The predicted octanol–water partition coefficient (Wildman–Crippen LogP) is 7.80. The second-order valence-electron chi connectivity index (χ2n) is 15.0. The van der Waals surface area contributed by atoms with E-state index in [-0.39, 0.29) is 30.5 Å². The molecule has 11 nitrogen and oxygen atoms in total. The number of amides is 3. The van der Waals surface area contributed by atoms with Crippen LogP contribution in [0.3, 0.4) is 0 Å². The van der Waals surface area contributed by atoms with Crippen LogP contribution in [0, 0.1) is 0 Å². The molecule has 5 rings (SSSR count). The van der Waals surface area contributed by atoms with Crippen molar-refractivity contribution >= 4 is 23.8 Å². The summed E-state index contributed by atoms with van der Waals surface area (Å²) in [7, 11) is 0. The molecule has 3 N–H and O–H groups in total. The monoisotopic (exact) mass is 735 g/mol. The highest BCUT2D eigenvalue weighted by atomic mass is 19.4. The second kappa shape index (κ2) is 14.9. The number of hydrogen-bond donors (Lipinski definition) is 3. The van der Waals surface area contributed by atoms with Crippen molar-refractivity contribution in [2.45, 2.75) is 90.0 Å². The van der Waals surface area contributed by atoms with Crippen molar-refractivity contribution < 1.29 is 42.1 Å². The molecule has 1 unspecified atom stereocenters. The largest absolute Gasteiger partial charge is 0.444 e. The van der Waals surface area contributed by atoms with Gasteiger partial charge in [-0.2, -0.15) is 18.3 Å². The number of carbonyl (C=O) groups is 3. The summed E-state index contributed by atoms with van der Waals surface area (Å²) in [5, 5.41) is 21.4. The molecule has 3 aromatic carbocycles. The topological polar surface area (TPSA) is 135 Å². The summed E-state index contributed by atoms with van der Waals surface area (Å²) in [5.41, 5.74) is -3.32. The van der Waals surface area contributed by atoms with Gasteiger partial charge in [0.05, 0.1) is 12.2 Å². The molecule has 3 amide bonds. The summed E-state index contributed by atoms with van der Waals surface area (Å²) in [4.78, 5) is 40.8. The van der Waals surface area contributed by atoms with Crippen molar-refractivity contribution in [3.63, 3.8) is 0 Å². The molecule has 0 spiro atoms. The molecule has 282 valence electrons. The number of alkyl halides is 3. The lowest BCUT2D eigenvalue weighted by atomic mass is 9.85. The molecular weight excluding hydrogens is 691 g/mol. The Hall–Kier alpha value is -5.37. The Labute approximate surface area is 306 Å². The van der Waals surface area contributed by atoms with Crippen LogP contribution in [-0.4, -0.2) is 61.7 Å². The number of halogens is 3. The van der Waals surface area contributed by atoms with Gasteiger partial charge in [-0.1, -0.05) is 54.6 Å². The number of nitrogens with zero attached hydrogens (tertiary/aromatic N) is 3. The Kier molecular flexibility index (Phi) is 10.9. The molecule has 0 radical (unpaired) electrons. The Balaban J connectivity index is 1.45. The van der Waals surface area contributed by atoms with Crippen LogP contribution >= 0.6 is 0 Å². The molecule has 0 saturated heterocycles. The van der Waals surface area contributed by atoms with E-state index >= 15 is 0 Å². The highest BCUT2D eigenvalue weighted by Gasteiger charge is 2.43. The summed E-state index contributed by atoms with van der Waals surface area (Å²) in [6.07, 6.45) is -4.61. The first-order chi connectivity index (χ1) is 24.7. The van der Waals surface area contributed by atoms with E-state index < -0.39 is 52.5 Å². The Morgan fingerprint density at radius 1 is 0.849 bits per heavy atom. The van der Waals surface area contributed by atoms with E-state index in [1.165, 1.54) is 29.2 Å². The van der Waals surface area contributed by atoms with Gasteiger partial charge in [0.1, 0.15) is 22.5 Å². The van der Waals surface area contributed by atoms with Gasteiger partial charge in [0.2, 0.25) is 0 Å². The quantitative estimate of drug-likeness (QED) is 0.151. The normalized spacial score (nSPS) is 14.5.